The van der Waals surface area contributed by atoms with Crippen LogP contribution in [0.15, 0.2) is 18.2 Å². The van der Waals surface area contributed by atoms with E-state index in [1.807, 2.05) is 0 Å². The Morgan fingerprint density at radius 1 is 1.44 bits per heavy atom. The highest BCUT2D eigenvalue weighted by atomic mass is 15.3. The van der Waals surface area contributed by atoms with Gasteiger partial charge in [0.25, 0.3) is 0 Å². The fraction of sp³-hybridized carbons (Fsp3) is 0.667. The first kappa shape index (κ1) is 12.0. The van der Waals surface area contributed by atoms with Crippen LogP contribution in [-0.4, -0.2) is 22.4 Å². The van der Waals surface area contributed by atoms with Gasteiger partial charge in [0.05, 0.1) is 5.69 Å². The highest BCUT2D eigenvalue weighted by Gasteiger charge is 2.40. The summed E-state index contributed by atoms with van der Waals surface area (Å²) in [4.78, 5) is 0. The molecule has 1 aromatic rings. The molecule has 1 fully saturated rings. The Hall–Kier alpha value is -1.09. The average Bonchev–Trinajstić information content (AvgIpc) is 2.82. The van der Waals surface area contributed by atoms with E-state index >= 15 is 0 Å². The molecule has 3 nitrogen and oxygen atoms in total. The SMILES string of the molecule is Cc1cc(C)n(CCCNC2CC3CC=CC32)n1. The van der Waals surface area contributed by atoms with E-state index in [9.17, 15) is 0 Å². The van der Waals surface area contributed by atoms with Crippen molar-refractivity contribution in [2.75, 3.05) is 6.54 Å². The summed E-state index contributed by atoms with van der Waals surface area (Å²) < 4.78 is 2.12. The standard InChI is InChI=1S/C15H23N3/c1-11-9-12(2)18(17-11)8-4-7-16-15-10-13-5-3-6-14(13)15/h3,6,9,13-16H,4-5,7-8,10H2,1-2H3. The second kappa shape index (κ2) is 4.88. The van der Waals surface area contributed by atoms with Gasteiger partial charge in [-0.2, -0.15) is 5.10 Å². The summed E-state index contributed by atoms with van der Waals surface area (Å²) in [5.74, 6) is 1.79. The Kier molecular flexibility index (Phi) is 3.25. The van der Waals surface area contributed by atoms with E-state index < -0.39 is 0 Å². The van der Waals surface area contributed by atoms with Gasteiger partial charge < -0.3 is 5.32 Å². The number of hydrogen-bond acceptors (Lipinski definition) is 2. The molecule has 0 aromatic carbocycles. The zero-order chi connectivity index (χ0) is 12.5. The first-order valence-corrected chi connectivity index (χ1v) is 7.15. The lowest BCUT2D eigenvalue weighted by atomic mass is 9.71. The van der Waals surface area contributed by atoms with Crippen LogP contribution in [0.25, 0.3) is 0 Å². The van der Waals surface area contributed by atoms with E-state index in [1.165, 1.54) is 25.0 Å². The number of hydrogen-bond donors (Lipinski definition) is 1. The summed E-state index contributed by atoms with van der Waals surface area (Å²) in [6.07, 6.45) is 8.62. The molecular formula is C15H23N3. The van der Waals surface area contributed by atoms with Gasteiger partial charge in [-0.15, -0.1) is 0 Å². The molecule has 1 heterocycles. The predicted molar refractivity (Wildman–Crippen MR) is 73.5 cm³/mol. The van der Waals surface area contributed by atoms with Crippen molar-refractivity contribution < 1.29 is 0 Å². The minimum atomic E-state index is 0.745. The van der Waals surface area contributed by atoms with Crippen molar-refractivity contribution in [3.8, 4) is 0 Å². The molecule has 1 N–H and O–H groups in total. The van der Waals surface area contributed by atoms with Gasteiger partial charge in [0.1, 0.15) is 0 Å². The fourth-order valence-corrected chi connectivity index (χ4v) is 3.37. The number of allylic oxidation sites excluding steroid dienone is 1. The maximum Gasteiger partial charge on any atom is 0.0596 e. The number of nitrogens with one attached hydrogen (secondary N) is 1. The predicted octanol–water partition coefficient (Wildman–Crippen LogP) is 2.44. The van der Waals surface area contributed by atoms with Gasteiger partial charge in [-0.3, -0.25) is 4.68 Å². The van der Waals surface area contributed by atoms with Crippen molar-refractivity contribution >= 4 is 0 Å². The molecule has 1 saturated carbocycles. The summed E-state index contributed by atoms with van der Waals surface area (Å²) in [6.45, 7) is 6.33. The lowest BCUT2D eigenvalue weighted by Crippen LogP contribution is -2.48. The van der Waals surface area contributed by atoms with Crippen LogP contribution in [0.4, 0.5) is 0 Å². The molecule has 2 aliphatic carbocycles. The van der Waals surface area contributed by atoms with Crippen LogP contribution in [0, 0.1) is 25.7 Å². The molecular weight excluding hydrogens is 222 g/mol. The van der Waals surface area contributed by atoms with Crippen molar-refractivity contribution in [1.82, 2.24) is 15.1 Å². The van der Waals surface area contributed by atoms with Crippen LogP contribution in [0.3, 0.4) is 0 Å². The van der Waals surface area contributed by atoms with Crippen molar-refractivity contribution in [3.63, 3.8) is 0 Å². The van der Waals surface area contributed by atoms with Crippen LogP contribution in [-0.2, 0) is 6.54 Å². The quantitative estimate of drug-likeness (QED) is 0.638. The summed E-state index contributed by atoms with van der Waals surface area (Å²) >= 11 is 0. The monoisotopic (exact) mass is 245 g/mol. The van der Waals surface area contributed by atoms with Crippen molar-refractivity contribution in [2.45, 2.75) is 45.7 Å². The molecule has 0 aliphatic heterocycles. The van der Waals surface area contributed by atoms with Gasteiger partial charge in [0, 0.05) is 18.3 Å². The second-order valence-electron chi connectivity index (χ2n) is 5.80. The van der Waals surface area contributed by atoms with Crippen LogP contribution in [0.1, 0.15) is 30.7 Å². The number of rotatable bonds is 5. The Morgan fingerprint density at radius 2 is 2.33 bits per heavy atom. The average molecular weight is 245 g/mol. The van der Waals surface area contributed by atoms with E-state index in [-0.39, 0.29) is 0 Å². The molecule has 0 amide bonds. The zero-order valence-electron chi connectivity index (χ0n) is 11.4. The highest BCUT2D eigenvalue weighted by molar-refractivity contribution is 5.12. The van der Waals surface area contributed by atoms with Gasteiger partial charge in [0.2, 0.25) is 0 Å². The molecule has 18 heavy (non-hydrogen) atoms. The molecule has 3 atom stereocenters. The summed E-state index contributed by atoms with van der Waals surface area (Å²) in [5.41, 5.74) is 2.40. The smallest absolute Gasteiger partial charge is 0.0596 e. The topological polar surface area (TPSA) is 29.9 Å². The van der Waals surface area contributed by atoms with Crippen LogP contribution < -0.4 is 5.32 Å². The van der Waals surface area contributed by atoms with E-state index in [0.717, 1.165) is 36.7 Å². The molecule has 3 rings (SSSR count). The zero-order valence-corrected chi connectivity index (χ0v) is 11.4. The highest BCUT2D eigenvalue weighted by Crippen LogP contribution is 2.42. The molecule has 0 spiro atoms. The summed E-state index contributed by atoms with van der Waals surface area (Å²) in [5, 5.41) is 8.19. The van der Waals surface area contributed by atoms with Crippen LogP contribution in [0.2, 0.25) is 0 Å². The lowest BCUT2D eigenvalue weighted by molar-refractivity contribution is 0.163. The first-order chi connectivity index (χ1) is 8.74. The molecule has 0 saturated heterocycles. The number of aryl methyl sites for hydroxylation is 3. The van der Waals surface area contributed by atoms with Gasteiger partial charge in [-0.05, 0) is 57.6 Å². The maximum atomic E-state index is 4.49. The number of nitrogens with zero attached hydrogens (tertiary/aromatic N) is 2. The fourth-order valence-electron chi connectivity index (χ4n) is 3.37. The molecule has 0 bridgehead atoms. The summed E-state index contributed by atoms with van der Waals surface area (Å²) in [6, 6.07) is 2.89. The maximum absolute atomic E-state index is 4.49. The number of aromatic nitrogens is 2. The van der Waals surface area contributed by atoms with Crippen LogP contribution in [0.5, 0.6) is 0 Å². The van der Waals surface area contributed by atoms with E-state index in [0.29, 0.717) is 0 Å². The second-order valence-corrected chi connectivity index (χ2v) is 5.80. The molecule has 1 aromatic heterocycles. The molecule has 3 heteroatoms. The lowest BCUT2D eigenvalue weighted by Gasteiger charge is -2.40. The van der Waals surface area contributed by atoms with Gasteiger partial charge in [-0.1, -0.05) is 12.2 Å². The van der Waals surface area contributed by atoms with Gasteiger partial charge in [0.15, 0.2) is 0 Å². The molecule has 3 unspecified atom stereocenters. The Balaban J connectivity index is 1.38. The third-order valence-electron chi connectivity index (χ3n) is 4.42. The molecule has 0 radical (unpaired) electrons. The normalized spacial score (nSPS) is 29.3. The Bertz CT molecular complexity index is 447. The minimum absolute atomic E-state index is 0.745. The summed E-state index contributed by atoms with van der Waals surface area (Å²) in [7, 11) is 0. The van der Waals surface area contributed by atoms with Crippen molar-refractivity contribution in [1.29, 1.82) is 0 Å². The molecule has 2 aliphatic rings. The minimum Gasteiger partial charge on any atom is -0.313 e. The van der Waals surface area contributed by atoms with E-state index in [2.05, 4.69) is 47.2 Å². The van der Waals surface area contributed by atoms with E-state index in [1.54, 1.807) is 0 Å². The molecule has 98 valence electrons. The first-order valence-electron chi connectivity index (χ1n) is 7.15. The third-order valence-corrected chi connectivity index (χ3v) is 4.42. The largest absolute Gasteiger partial charge is 0.313 e. The van der Waals surface area contributed by atoms with E-state index in [4.69, 9.17) is 0 Å². The van der Waals surface area contributed by atoms with Crippen LogP contribution >= 0.6 is 0 Å². The number of fused-ring (bicyclic) bond motifs is 1. The van der Waals surface area contributed by atoms with Gasteiger partial charge >= 0.3 is 0 Å². The van der Waals surface area contributed by atoms with Crippen molar-refractivity contribution in [2.24, 2.45) is 11.8 Å². The Morgan fingerprint density at radius 3 is 3.06 bits per heavy atom. The third kappa shape index (κ3) is 2.24. The van der Waals surface area contributed by atoms with Gasteiger partial charge in [-0.25, -0.2) is 0 Å². The van der Waals surface area contributed by atoms with Crippen molar-refractivity contribution in [3.05, 3.63) is 29.6 Å². The Labute approximate surface area is 109 Å².